The molecule has 8 aromatic carbocycles. The summed E-state index contributed by atoms with van der Waals surface area (Å²) in [4.78, 5) is 15.6. The maximum atomic E-state index is 5.32. The number of hydrogen-bond donors (Lipinski definition) is 0. The molecular weight excluding hydrogens is 635 g/mol. The zero-order chi connectivity index (χ0) is 34.2. The van der Waals surface area contributed by atoms with Crippen LogP contribution in [-0.4, -0.2) is 23.9 Å². The predicted octanol–water partition coefficient (Wildman–Crippen LogP) is 11.7. The van der Waals surface area contributed by atoms with E-state index in [1.807, 2.05) is 12.1 Å². The highest BCUT2D eigenvalue weighted by atomic mass is 15.1. The Kier molecular flexibility index (Phi) is 6.18. The SMILES string of the molecule is c1ccc(-n2c(-c3c4ccccc4c(-c4ccc(-c5nc6ccccc6c6nc7ccccc7n56)cc4)c4ccccc34)nc3ccccc32)cc1. The Balaban J connectivity index is 1.15. The first-order valence-electron chi connectivity index (χ1n) is 17.6. The molecule has 11 aromatic rings. The van der Waals surface area contributed by atoms with Crippen LogP contribution in [0.5, 0.6) is 0 Å². The molecule has 0 unspecified atom stereocenters. The molecule has 0 radical (unpaired) electrons. The molecule has 3 aromatic heterocycles. The lowest BCUT2D eigenvalue weighted by Crippen LogP contribution is -2.00. The van der Waals surface area contributed by atoms with Gasteiger partial charge in [-0.05, 0) is 81.2 Å². The predicted molar refractivity (Wildman–Crippen MR) is 214 cm³/mol. The van der Waals surface area contributed by atoms with E-state index in [9.17, 15) is 0 Å². The van der Waals surface area contributed by atoms with E-state index in [1.54, 1.807) is 0 Å². The minimum atomic E-state index is 0.874. The second-order valence-corrected chi connectivity index (χ2v) is 13.2. The van der Waals surface area contributed by atoms with Gasteiger partial charge in [0.2, 0.25) is 0 Å². The third kappa shape index (κ3) is 4.20. The standard InChI is InChI=1S/C47H29N5/c1-2-14-32(15-3-1)51-41-24-12-10-22-39(41)50-47(51)44-35-18-6-4-16-33(35)43(34-17-5-7-19-36(34)44)30-26-28-31(29-27-30)45-48-38-21-9-8-20-37(38)46-49-40-23-11-13-25-42(40)52(45)46/h1-29H. The number of fused-ring (bicyclic) bond motifs is 8. The van der Waals surface area contributed by atoms with Crippen molar-refractivity contribution in [2.24, 2.45) is 0 Å². The molecule has 0 N–H and O–H groups in total. The van der Waals surface area contributed by atoms with Gasteiger partial charge in [0.1, 0.15) is 17.3 Å². The van der Waals surface area contributed by atoms with Crippen molar-refractivity contribution in [2.75, 3.05) is 0 Å². The van der Waals surface area contributed by atoms with E-state index >= 15 is 0 Å². The molecule has 0 amide bonds. The molecule has 242 valence electrons. The molecule has 0 aliphatic carbocycles. The normalized spacial score (nSPS) is 11.8. The first kappa shape index (κ1) is 28.7. The van der Waals surface area contributed by atoms with Gasteiger partial charge >= 0.3 is 0 Å². The quantitative estimate of drug-likeness (QED) is 0.176. The highest BCUT2D eigenvalue weighted by molar-refractivity contribution is 6.21. The second-order valence-electron chi connectivity index (χ2n) is 13.2. The van der Waals surface area contributed by atoms with Crippen LogP contribution in [-0.2, 0) is 0 Å². The number of hydrogen-bond acceptors (Lipinski definition) is 3. The van der Waals surface area contributed by atoms with Crippen molar-refractivity contribution in [2.45, 2.75) is 0 Å². The third-order valence-corrected chi connectivity index (χ3v) is 10.3. The lowest BCUT2D eigenvalue weighted by Gasteiger charge is -2.18. The van der Waals surface area contributed by atoms with Crippen molar-refractivity contribution in [3.8, 4) is 39.6 Å². The molecule has 0 atom stereocenters. The molecule has 0 bridgehead atoms. The van der Waals surface area contributed by atoms with E-state index in [1.165, 1.54) is 16.3 Å². The van der Waals surface area contributed by atoms with Gasteiger partial charge in [-0.3, -0.25) is 8.97 Å². The Morgan fingerprint density at radius 3 is 1.48 bits per heavy atom. The van der Waals surface area contributed by atoms with Gasteiger partial charge in [0.05, 0.1) is 27.6 Å². The summed E-state index contributed by atoms with van der Waals surface area (Å²) in [6.45, 7) is 0. The summed E-state index contributed by atoms with van der Waals surface area (Å²) in [7, 11) is 0. The van der Waals surface area contributed by atoms with E-state index in [0.717, 1.165) is 83.4 Å². The minimum Gasteiger partial charge on any atom is -0.292 e. The van der Waals surface area contributed by atoms with E-state index in [0.29, 0.717) is 0 Å². The lowest BCUT2D eigenvalue weighted by molar-refractivity contribution is 1.11. The van der Waals surface area contributed by atoms with Crippen LogP contribution in [0.15, 0.2) is 176 Å². The first-order valence-corrected chi connectivity index (χ1v) is 17.6. The molecule has 5 nitrogen and oxygen atoms in total. The Labute approximate surface area is 298 Å². The van der Waals surface area contributed by atoms with Crippen molar-refractivity contribution >= 4 is 60.2 Å². The first-order chi connectivity index (χ1) is 25.8. The zero-order valence-electron chi connectivity index (χ0n) is 28.0. The smallest absolute Gasteiger partial charge is 0.149 e. The molecule has 0 saturated carbocycles. The maximum Gasteiger partial charge on any atom is 0.149 e. The van der Waals surface area contributed by atoms with Gasteiger partial charge < -0.3 is 0 Å². The molecular formula is C47H29N5. The van der Waals surface area contributed by atoms with Gasteiger partial charge in [-0.1, -0.05) is 127 Å². The lowest BCUT2D eigenvalue weighted by atomic mass is 9.88. The summed E-state index contributed by atoms with van der Waals surface area (Å²) in [5.41, 5.74) is 11.5. The highest BCUT2D eigenvalue weighted by Gasteiger charge is 2.22. The number of aromatic nitrogens is 5. The van der Waals surface area contributed by atoms with Gasteiger partial charge in [-0.15, -0.1) is 0 Å². The van der Waals surface area contributed by atoms with Crippen LogP contribution in [0, 0.1) is 0 Å². The monoisotopic (exact) mass is 663 g/mol. The fourth-order valence-electron chi connectivity index (χ4n) is 8.04. The van der Waals surface area contributed by atoms with E-state index < -0.39 is 0 Å². The van der Waals surface area contributed by atoms with E-state index in [2.05, 4.69) is 173 Å². The molecule has 0 fully saturated rings. The van der Waals surface area contributed by atoms with E-state index in [4.69, 9.17) is 15.0 Å². The number of imidazole rings is 2. The average Bonchev–Trinajstić information content (AvgIpc) is 3.79. The Hall–Kier alpha value is -7.11. The summed E-state index contributed by atoms with van der Waals surface area (Å²) in [6.07, 6.45) is 0. The van der Waals surface area contributed by atoms with E-state index in [-0.39, 0.29) is 0 Å². The molecule has 0 aliphatic rings. The summed E-state index contributed by atoms with van der Waals surface area (Å²) in [5.74, 6) is 1.81. The summed E-state index contributed by atoms with van der Waals surface area (Å²) >= 11 is 0. The number of nitrogens with zero attached hydrogens (tertiary/aromatic N) is 5. The molecule has 11 rings (SSSR count). The summed E-state index contributed by atoms with van der Waals surface area (Å²) in [6, 6.07) is 61.9. The van der Waals surface area contributed by atoms with Crippen molar-refractivity contribution in [1.82, 2.24) is 23.9 Å². The van der Waals surface area contributed by atoms with Gasteiger partial charge in [0.15, 0.2) is 0 Å². The van der Waals surface area contributed by atoms with Crippen LogP contribution in [0.1, 0.15) is 0 Å². The van der Waals surface area contributed by atoms with Crippen LogP contribution >= 0.6 is 0 Å². The summed E-state index contributed by atoms with van der Waals surface area (Å²) < 4.78 is 4.50. The Morgan fingerprint density at radius 1 is 0.327 bits per heavy atom. The third-order valence-electron chi connectivity index (χ3n) is 10.3. The van der Waals surface area contributed by atoms with Crippen LogP contribution in [0.3, 0.4) is 0 Å². The minimum absolute atomic E-state index is 0.874. The Bertz CT molecular complexity index is 3120. The Morgan fingerprint density at radius 2 is 0.808 bits per heavy atom. The van der Waals surface area contributed by atoms with Crippen LogP contribution < -0.4 is 0 Å². The van der Waals surface area contributed by atoms with Crippen LogP contribution in [0.4, 0.5) is 0 Å². The number of benzene rings is 8. The van der Waals surface area contributed by atoms with Crippen molar-refractivity contribution in [1.29, 1.82) is 0 Å². The van der Waals surface area contributed by atoms with Gasteiger partial charge in [0.25, 0.3) is 0 Å². The number of para-hydroxylation sites is 6. The fourth-order valence-corrected chi connectivity index (χ4v) is 8.04. The maximum absolute atomic E-state index is 5.32. The molecule has 3 heterocycles. The van der Waals surface area contributed by atoms with Gasteiger partial charge in [0, 0.05) is 22.2 Å². The number of rotatable bonds is 4. The van der Waals surface area contributed by atoms with Gasteiger partial charge in [-0.2, -0.15) is 0 Å². The van der Waals surface area contributed by atoms with Crippen molar-refractivity contribution in [3.05, 3.63) is 176 Å². The summed E-state index contributed by atoms with van der Waals surface area (Å²) in [5, 5.41) is 5.73. The largest absolute Gasteiger partial charge is 0.292 e. The molecule has 0 spiro atoms. The zero-order valence-corrected chi connectivity index (χ0v) is 28.0. The molecule has 0 aliphatic heterocycles. The van der Waals surface area contributed by atoms with Crippen LogP contribution in [0.2, 0.25) is 0 Å². The molecule has 52 heavy (non-hydrogen) atoms. The topological polar surface area (TPSA) is 48.0 Å². The average molecular weight is 664 g/mol. The van der Waals surface area contributed by atoms with Crippen molar-refractivity contribution in [3.63, 3.8) is 0 Å². The highest BCUT2D eigenvalue weighted by Crippen LogP contribution is 2.45. The fraction of sp³-hybridized carbons (Fsp3) is 0. The van der Waals surface area contributed by atoms with Gasteiger partial charge in [-0.25, -0.2) is 15.0 Å². The second kappa shape index (κ2) is 11.2. The van der Waals surface area contributed by atoms with Crippen LogP contribution in [0.25, 0.3) is 99.8 Å². The molecule has 0 saturated heterocycles. The van der Waals surface area contributed by atoms with Crippen molar-refractivity contribution < 1.29 is 0 Å². The molecule has 5 heteroatoms.